The minimum atomic E-state index is -5.00. The van der Waals surface area contributed by atoms with Gasteiger partial charge < -0.3 is 33.8 Å². The van der Waals surface area contributed by atoms with Crippen LogP contribution in [0.25, 0.3) is 0 Å². The first-order valence-electron chi connectivity index (χ1n) is 40.1. The van der Waals surface area contributed by atoms with Crippen LogP contribution in [0.1, 0.15) is 310 Å². The first kappa shape index (κ1) is 98.9. The zero-order valence-electron chi connectivity index (χ0n) is 64.9. The Morgan fingerprint density at radius 2 is 0.500 bits per heavy atom. The Bertz CT molecular complexity index is 2540. The van der Waals surface area contributed by atoms with Crippen LogP contribution in [0, 0.1) is 0 Å². The van der Waals surface area contributed by atoms with Gasteiger partial charge in [0.2, 0.25) is 0 Å². The molecule has 0 amide bonds. The molecule has 5 unspecified atom stereocenters. The maximum Gasteiger partial charge on any atom is 0.472 e. The lowest BCUT2D eigenvalue weighted by molar-refractivity contribution is -0.161. The summed E-state index contributed by atoms with van der Waals surface area (Å²) in [5.74, 6) is -2.28. The third kappa shape index (κ3) is 75.2. The Labute approximate surface area is 630 Å². The van der Waals surface area contributed by atoms with E-state index in [1.807, 2.05) is 0 Å². The van der Waals surface area contributed by atoms with Gasteiger partial charge >= 0.3 is 39.5 Å². The number of hydrogen-bond acceptors (Lipinski definition) is 15. The Hall–Kier alpha value is -5.06. The standard InChI is InChI=1S/C85H142O17P2/c1-5-9-13-17-21-25-29-33-36-38-39-41-44-47-50-54-58-62-66-70-83(88)96-76-81(102-85(90)72-68-64-60-56-52-48-42-35-31-27-23-19-15-11-7-3)78-100-104(93,94)98-74-79(86)73-97-103(91,92)99-77-80(101-84(89)71-67-63-59-55-51-45-32-28-24-20-16-12-8-4)75-95-82(87)69-65-61-57-53-49-46-43-40-37-34-30-26-22-18-14-10-6-2/h10-11,14-15,21-23,25-28,32-37,39,41-43,46,52,56,79-81,86H,5-9,12-13,16-20,24,29-31,38,40,44-45,47-51,53-55,57-78H2,1-4H3,(H,91,92)(H,93,94)/b14-10-,15-11-,25-21-,26-22-,27-23-,32-28-,36-33-,37-34-,41-39-,42-35-,46-43-,56-52-. The number of carbonyl (C=O) groups is 4. The van der Waals surface area contributed by atoms with E-state index in [1.165, 1.54) is 44.9 Å². The third-order valence-electron chi connectivity index (χ3n) is 16.3. The van der Waals surface area contributed by atoms with Gasteiger partial charge in [0, 0.05) is 25.7 Å². The van der Waals surface area contributed by atoms with Gasteiger partial charge in [-0.15, -0.1) is 0 Å². The van der Waals surface area contributed by atoms with Gasteiger partial charge in [-0.1, -0.05) is 263 Å². The highest BCUT2D eigenvalue weighted by Gasteiger charge is 2.30. The Balaban J connectivity index is 5.42. The SMILES string of the molecule is CC/C=C\C/C=C\C/C=C\C/C=C\CCCCCCC(=O)OCC(COP(=O)(O)OCC(O)COP(=O)(O)OCC(COC(=O)CCCCCCCC/C=C\C/C=C\C/C=C\CCCCC)OC(=O)CCCC/C=C\C/C=C\C/C=C\C/C=C\CC)OC(=O)CCCCCCC/C=C\CCCCCC. The number of esters is 4. The number of carbonyl (C=O) groups excluding carboxylic acids is 4. The number of aliphatic hydroxyl groups excluding tert-OH is 1. The summed E-state index contributed by atoms with van der Waals surface area (Å²) >= 11 is 0. The van der Waals surface area contributed by atoms with Crippen LogP contribution in [0.2, 0.25) is 0 Å². The van der Waals surface area contributed by atoms with Gasteiger partial charge in [-0.3, -0.25) is 37.3 Å². The van der Waals surface area contributed by atoms with Gasteiger partial charge in [-0.2, -0.15) is 0 Å². The highest BCUT2D eigenvalue weighted by atomic mass is 31.2. The summed E-state index contributed by atoms with van der Waals surface area (Å²) < 4.78 is 68.5. The molecule has 3 N–H and O–H groups in total. The minimum absolute atomic E-state index is 0.0352. The number of hydrogen-bond donors (Lipinski definition) is 3. The van der Waals surface area contributed by atoms with Crippen molar-refractivity contribution in [3.8, 4) is 0 Å². The molecule has 0 saturated carbocycles. The first-order valence-corrected chi connectivity index (χ1v) is 43.1. The average Bonchev–Trinajstić information content (AvgIpc) is 0.918. The molecule has 0 aliphatic rings. The maximum atomic E-state index is 13.1. The number of phosphoric acid groups is 2. The largest absolute Gasteiger partial charge is 0.472 e. The Kier molecular flexibility index (Phi) is 72.4. The van der Waals surface area contributed by atoms with Crippen molar-refractivity contribution in [2.45, 2.75) is 329 Å². The van der Waals surface area contributed by atoms with Crippen LogP contribution in [0.15, 0.2) is 146 Å². The summed E-state index contributed by atoms with van der Waals surface area (Å²) in [5.41, 5.74) is 0. The molecule has 0 rings (SSSR count). The molecule has 0 aliphatic heterocycles. The van der Waals surface area contributed by atoms with E-state index in [0.717, 1.165) is 180 Å². The zero-order valence-corrected chi connectivity index (χ0v) is 66.7. The quantitative estimate of drug-likeness (QED) is 0.0169. The van der Waals surface area contributed by atoms with E-state index >= 15 is 0 Å². The molecule has 0 aliphatic carbocycles. The Morgan fingerprint density at radius 3 is 0.817 bits per heavy atom. The van der Waals surface area contributed by atoms with Crippen LogP contribution in [0.5, 0.6) is 0 Å². The van der Waals surface area contributed by atoms with Gasteiger partial charge in [0.1, 0.15) is 19.3 Å². The molecule has 0 bridgehead atoms. The highest BCUT2D eigenvalue weighted by Crippen LogP contribution is 2.45. The molecule has 0 aromatic carbocycles. The van der Waals surface area contributed by atoms with Crippen molar-refractivity contribution in [3.63, 3.8) is 0 Å². The number of aliphatic hydroxyl groups is 1. The molecule has 0 heterocycles. The van der Waals surface area contributed by atoms with Crippen LogP contribution < -0.4 is 0 Å². The van der Waals surface area contributed by atoms with Crippen molar-refractivity contribution < 1.29 is 80.2 Å². The van der Waals surface area contributed by atoms with E-state index < -0.39 is 97.5 Å². The van der Waals surface area contributed by atoms with Gasteiger partial charge in [0.15, 0.2) is 12.2 Å². The van der Waals surface area contributed by atoms with Crippen LogP contribution in [0.4, 0.5) is 0 Å². The zero-order chi connectivity index (χ0) is 76.0. The second kappa shape index (κ2) is 76.1. The number of allylic oxidation sites excluding steroid dienone is 24. The number of ether oxygens (including phenoxy) is 4. The van der Waals surface area contributed by atoms with Gasteiger partial charge in [-0.25, -0.2) is 9.13 Å². The summed E-state index contributed by atoms with van der Waals surface area (Å²) in [4.78, 5) is 73.0. The van der Waals surface area contributed by atoms with Crippen molar-refractivity contribution in [3.05, 3.63) is 146 Å². The monoisotopic (exact) mass is 1500 g/mol. The molecular weight excluding hydrogens is 1350 g/mol. The van der Waals surface area contributed by atoms with Crippen LogP contribution in [0.3, 0.4) is 0 Å². The second-order valence-electron chi connectivity index (χ2n) is 26.2. The molecule has 0 aromatic rings. The first-order chi connectivity index (χ1) is 50.7. The van der Waals surface area contributed by atoms with E-state index in [-0.39, 0.29) is 25.7 Å². The molecule has 0 fully saturated rings. The van der Waals surface area contributed by atoms with Crippen molar-refractivity contribution in [1.82, 2.24) is 0 Å². The van der Waals surface area contributed by atoms with Crippen molar-refractivity contribution in [1.29, 1.82) is 0 Å². The second-order valence-corrected chi connectivity index (χ2v) is 29.1. The van der Waals surface area contributed by atoms with Gasteiger partial charge in [-0.05, 0) is 167 Å². The van der Waals surface area contributed by atoms with E-state index in [1.54, 1.807) is 0 Å². The van der Waals surface area contributed by atoms with E-state index in [9.17, 15) is 43.2 Å². The number of rotatable bonds is 74. The van der Waals surface area contributed by atoms with Crippen LogP contribution in [-0.4, -0.2) is 96.7 Å². The molecule has 17 nitrogen and oxygen atoms in total. The predicted octanol–water partition coefficient (Wildman–Crippen LogP) is 23.4. The fourth-order valence-electron chi connectivity index (χ4n) is 10.2. The maximum absolute atomic E-state index is 13.1. The summed E-state index contributed by atoms with van der Waals surface area (Å²) in [7, 11) is -9.99. The molecule has 19 heteroatoms. The molecule has 104 heavy (non-hydrogen) atoms. The van der Waals surface area contributed by atoms with Crippen LogP contribution >= 0.6 is 15.6 Å². The Morgan fingerprint density at radius 1 is 0.279 bits per heavy atom. The molecule has 0 radical (unpaired) electrons. The molecule has 0 saturated heterocycles. The van der Waals surface area contributed by atoms with Crippen LogP contribution in [-0.2, 0) is 65.4 Å². The van der Waals surface area contributed by atoms with Crippen molar-refractivity contribution in [2.24, 2.45) is 0 Å². The normalized spacial score (nSPS) is 14.6. The number of unbranched alkanes of at least 4 members (excludes halogenated alkanes) is 24. The molecular formula is C85H142O17P2. The molecule has 5 atom stereocenters. The van der Waals surface area contributed by atoms with E-state index in [2.05, 4.69) is 174 Å². The number of phosphoric ester groups is 2. The molecule has 0 spiro atoms. The van der Waals surface area contributed by atoms with E-state index in [0.29, 0.717) is 32.1 Å². The fraction of sp³-hybridized carbons (Fsp3) is 0.671. The lowest BCUT2D eigenvalue weighted by atomic mass is 10.1. The summed E-state index contributed by atoms with van der Waals surface area (Å²) in [6, 6.07) is 0. The summed E-state index contributed by atoms with van der Waals surface area (Å²) in [5, 5.41) is 10.6. The highest BCUT2D eigenvalue weighted by molar-refractivity contribution is 7.47. The van der Waals surface area contributed by atoms with E-state index in [4.69, 9.17) is 37.0 Å². The minimum Gasteiger partial charge on any atom is -0.462 e. The average molecular weight is 1500 g/mol. The fourth-order valence-corrected chi connectivity index (χ4v) is 11.8. The van der Waals surface area contributed by atoms with Gasteiger partial charge in [0.05, 0.1) is 26.4 Å². The smallest absolute Gasteiger partial charge is 0.462 e. The lowest BCUT2D eigenvalue weighted by Crippen LogP contribution is -2.30. The predicted molar refractivity (Wildman–Crippen MR) is 427 cm³/mol. The summed E-state index contributed by atoms with van der Waals surface area (Å²) in [6.07, 6.45) is 86.8. The lowest BCUT2D eigenvalue weighted by Gasteiger charge is -2.21. The van der Waals surface area contributed by atoms with Crippen molar-refractivity contribution >= 4 is 39.5 Å². The van der Waals surface area contributed by atoms with Gasteiger partial charge in [0.25, 0.3) is 0 Å². The third-order valence-corrected chi connectivity index (χ3v) is 18.2. The summed E-state index contributed by atoms with van der Waals surface area (Å²) in [6.45, 7) is 4.51. The van der Waals surface area contributed by atoms with Crippen molar-refractivity contribution in [2.75, 3.05) is 39.6 Å². The molecule has 594 valence electrons. The molecule has 0 aromatic heterocycles. The topological polar surface area (TPSA) is 237 Å².